The van der Waals surface area contributed by atoms with E-state index in [1.165, 1.54) is 6.07 Å². The Morgan fingerprint density at radius 1 is 1.14 bits per heavy atom. The van der Waals surface area contributed by atoms with E-state index in [-0.39, 0.29) is 5.02 Å². The van der Waals surface area contributed by atoms with Gasteiger partial charge in [-0.3, -0.25) is 0 Å². The van der Waals surface area contributed by atoms with Crippen LogP contribution in [0.4, 0.5) is 4.39 Å². The quantitative estimate of drug-likeness (QED) is 0.504. The maximum Gasteiger partial charge on any atom is 0.141 e. The SMILES string of the molecule is Cc1sc(-c2ccc(F)c(Cl)c2)nc1-c1cccc(Br)c1. The van der Waals surface area contributed by atoms with E-state index >= 15 is 0 Å². The van der Waals surface area contributed by atoms with Gasteiger partial charge in [-0.1, -0.05) is 39.7 Å². The van der Waals surface area contributed by atoms with Gasteiger partial charge in [0.1, 0.15) is 10.8 Å². The van der Waals surface area contributed by atoms with E-state index in [0.29, 0.717) is 0 Å². The molecule has 2 aromatic carbocycles. The van der Waals surface area contributed by atoms with E-state index in [1.807, 2.05) is 31.2 Å². The summed E-state index contributed by atoms with van der Waals surface area (Å²) in [5.74, 6) is -0.416. The first-order valence-corrected chi connectivity index (χ1v) is 8.22. The summed E-state index contributed by atoms with van der Waals surface area (Å²) in [5.41, 5.74) is 2.82. The van der Waals surface area contributed by atoms with Crippen LogP contribution in [-0.4, -0.2) is 4.98 Å². The third-order valence-electron chi connectivity index (χ3n) is 3.06. The molecule has 0 saturated heterocycles. The summed E-state index contributed by atoms with van der Waals surface area (Å²) in [6.45, 7) is 2.03. The molecule has 0 amide bonds. The van der Waals surface area contributed by atoms with Gasteiger partial charge in [-0.25, -0.2) is 9.37 Å². The highest BCUT2D eigenvalue weighted by Gasteiger charge is 2.12. The van der Waals surface area contributed by atoms with E-state index in [2.05, 4.69) is 20.9 Å². The standard InChI is InChI=1S/C16H10BrClFNS/c1-9-15(10-3-2-4-12(17)7-10)20-16(21-9)11-5-6-14(19)13(18)8-11/h2-8H,1H3. The molecule has 3 aromatic rings. The Hall–Kier alpha value is -1.23. The third kappa shape index (κ3) is 3.03. The van der Waals surface area contributed by atoms with Gasteiger partial charge < -0.3 is 0 Å². The largest absolute Gasteiger partial charge is 0.236 e. The summed E-state index contributed by atoms with van der Waals surface area (Å²) in [5, 5.41) is 0.953. The second-order valence-electron chi connectivity index (χ2n) is 4.56. The van der Waals surface area contributed by atoms with Crippen LogP contribution in [0, 0.1) is 12.7 Å². The summed E-state index contributed by atoms with van der Waals surface area (Å²) < 4.78 is 14.3. The molecule has 21 heavy (non-hydrogen) atoms. The Labute approximate surface area is 139 Å². The van der Waals surface area contributed by atoms with Gasteiger partial charge in [0, 0.05) is 20.5 Å². The molecule has 0 fully saturated rings. The highest BCUT2D eigenvalue weighted by Crippen LogP contribution is 2.35. The summed E-state index contributed by atoms with van der Waals surface area (Å²) in [6.07, 6.45) is 0. The molecule has 0 aliphatic rings. The molecule has 0 aliphatic heterocycles. The zero-order valence-electron chi connectivity index (χ0n) is 11.0. The Bertz CT molecular complexity index is 816. The van der Waals surface area contributed by atoms with Crippen LogP contribution in [0.5, 0.6) is 0 Å². The molecule has 0 atom stereocenters. The van der Waals surface area contributed by atoms with Crippen molar-refractivity contribution in [2.75, 3.05) is 0 Å². The summed E-state index contributed by atoms with van der Waals surface area (Å²) in [6, 6.07) is 12.7. The lowest BCUT2D eigenvalue weighted by Gasteiger charge is -2.00. The predicted octanol–water partition coefficient (Wildman–Crippen LogP) is 6.34. The average molecular weight is 383 g/mol. The molecule has 0 bridgehead atoms. The van der Waals surface area contributed by atoms with Crippen molar-refractivity contribution in [2.24, 2.45) is 0 Å². The van der Waals surface area contributed by atoms with Crippen molar-refractivity contribution < 1.29 is 4.39 Å². The van der Waals surface area contributed by atoms with Crippen molar-refractivity contribution in [1.29, 1.82) is 0 Å². The molecule has 1 aromatic heterocycles. The van der Waals surface area contributed by atoms with Crippen LogP contribution in [0.15, 0.2) is 46.9 Å². The highest BCUT2D eigenvalue weighted by atomic mass is 79.9. The zero-order valence-corrected chi connectivity index (χ0v) is 14.2. The molecule has 5 heteroatoms. The fraction of sp³-hybridized carbons (Fsp3) is 0.0625. The second kappa shape index (κ2) is 5.87. The summed E-state index contributed by atoms with van der Waals surface area (Å²) in [4.78, 5) is 5.79. The summed E-state index contributed by atoms with van der Waals surface area (Å²) >= 11 is 10.9. The van der Waals surface area contributed by atoms with Crippen molar-refractivity contribution in [3.05, 3.63) is 62.7 Å². The molecular weight excluding hydrogens is 373 g/mol. The number of thiazole rings is 1. The molecule has 0 N–H and O–H groups in total. The molecular formula is C16H10BrClFNS. The van der Waals surface area contributed by atoms with Crippen molar-refractivity contribution in [3.63, 3.8) is 0 Å². The maximum atomic E-state index is 13.3. The third-order valence-corrected chi connectivity index (χ3v) is 4.86. The van der Waals surface area contributed by atoms with Gasteiger partial charge in [0.15, 0.2) is 0 Å². The van der Waals surface area contributed by atoms with Gasteiger partial charge in [0.2, 0.25) is 0 Å². The van der Waals surface area contributed by atoms with E-state index < -0.39 is 5.82 Å². The fourth-order valence-electron chi connectivity index (χ4n) is 2.05. The highest BCUT2D eigenvalue weighted by molar-refractivity contribution is 9.10. The smallest absolute Gasteiger partial charge is 0.141 e. The molecule has 0 unspecified atom stereocenters. The maximum absolute atomic E-state index is 13.3. The molecule has 106 valence electrons. The van der Waals surface area contributed by atoms with Crippen LogP contribution >= 0.6 is 38.9 Å². The lowest BCUT2D eigenvalue weighted by Crippen LogP contribution is -1.83. The zero-order chi connectivity index (χ0) is 15.0. The first-order valence-electron chi connectivity index (χ1n) is 6.23. The molecule has 0 saturated carbocycles. The van der Waals surface area contributed by atoms with Crippen LogP contribution < -0.4 is 0 Å². The predicted molar refractivity (Wildman–Crippen MR) is 90.4 cm³/mol. The Morgan fingerprint density at radius 2 is 1.95 bits per heavy atom. The van der Waals surface area contributed by atoms with Crippen LogP contribution in [0.1, 0.15) is 4.88 Å². The second-order valence-corrected chi connectivity index (χ2v) is 7.09. The lowest BCUT2D eigenvalue weighted by molar-refractivity contribution is 0.628. The number of benzene rings is 2. The molecule has 0 radical (unpaired) electrons. The minimum atomic E-state index is -0.416. The first kappa shape index (κ1) is 14.7. The number of aryl methyl sites for hydroxylation is 1. The molecule has 0 aliphatic carbocycles. The van der Waals surface area contributed by atoms with Crippen molar-refractivity contribution in [3.8, 4) is 21.8 Å². The van der Waals surface area contributed by atoms with Crippen LogP contribution in [0.2, 0.25) is 5.02 Å². The van der Waals surface area contributed by atoms with Gasteiger partial charge in [0.25, 0.3) is 0 Å². The summed E-state index contributed by atoms with van der Waals surface area (Å²) in [7, 11) is 0. The van der Waals surface area contributed by atoms with E-state index in [9.17, 15) is 4.39 Å². The molecule has 3 rings (SSSR count). The van der Waals surface area contributed by atoms with Gasteiger partial charge >= 0.3 is 0 Å². The number of nitrogens with zero attached hydrogens (tertiary/aromatic N) is 1. The Morgan fingerprint density at radius 3 is 2.67 bits per heavy atom. The van der Waals surface area contributed by atoms with Gasteiger partial charge in [-0.15, -0.1) is 11.3 Å². The van der Waals surface area contributed by atoms with Gasteiger partial charge in [-0.2, -0.15) is 0 Å². The Balaban J connectivity index is 2.07. The van der Waals surface area contributed by atoms with E-state index in [0.717, 1.165) is 31.2 Å². The minimum Gasteiger partial charge on any atom is -0.236 e. The van der Waals surface area contributed by atoms with Crippen LogP contribution in [-0.2, 0) is 0 Å². The minimum absolute atomic E-state index is 0.115. The van der Waals surface area contributed by atoms with Crippen molar-refractivity contribution >= 4 is 38.9 Å². The van der Waals surface area contributed by atoms with Crippen molar-refractivity contribution in [1.82, 2.24) is 4.98 Å². The monoisotopic (exact) mass is 381 g/mol. The molecule has 1 nitrogen and oxygen atoms in total. The van der Waals surface area contributed by atoms with Crippen LogP contribution in [0.25, 0.3) is 21.8 Å². The molecule has 0 spiro atoms. The first-order chi connectivity index (χ1) is 10.0. The Kier molecular flexibility index (Phi) is 4.11. The number of hydrogen-bond acceptors (Lipinski definition) is 2. The van der Waals surface area contributed by atoms with Gasteiger partial charge in [-0.05, 0) is 37.3 Å². The average Bonchev–Trinajstić information content (AvgIpc) is 2.84. The van der Waals surface area contributed by atoms with Crippen molar-refractivity contribution in [2.45, 2.75) is 6.92 Å². The lowest BCUT2D eigenvalue weighted by atomic mass is 10.1. The van der Waals surface area contributed by atoms with E-state index in [4.69, 9.17) is 11.6 Å². The number of rotatable bonds is 2. The normalized spacial score (nSPS) is 10.9. The van der Waals surface area contributed by atoms with Crippen LogP contribution in [0.3, 0.4) is 0 Å². The fourth-order valence-corrected chi connectivity index (χ4v) is 3.56. The number of halogens is 3. The van der Waals surface area contributed by atoms with E-state index in [1.54, 1.807) is 23.5 Å². The molecule has 1 heterocycles. The number of hydrogen-bond donors (Lipinski definition) is 0. The topological polar surface area (TPSA) is 12.9 Å². The van der Waals surface area contributed by atoms with Gasteiger partial charge in [0.05, 0.1) is 10.7 Å². The number of aromatic nitrogens is 1.